The molecule has 0 aliphatic carbocycles. The molecule has 5 heteroatoms. The highest BCUT2D eigenvalue weighted by molar-refractivity contribution is 5.93. The molecule has 5 nitrogen and oxygen atoms in total. The zero-order valence-electron chi connectivity index (χ0n) is 12.7. The van der Waals surface area contributed by atoms with E-state index in [0.29, 0.717) is 24.8 Å². The fourth-order valence-corrected chi connectivity index (χ4v) is 2.36. The van der Waals surface area contributed by atoms with Gasteiger partial charge in [0.05, 0.1) is 0 Å². The molecule has 0 aromatic carbocycles. The summed E-state index contributed by atoms with van der Waals surface area (Å²) in [5, 5.41) is 2.77. The second kappa shape index (κ2) is 8.53. The van der Waals surface area contributed by atoms with E-state index in [2.05, 4.69) is 29.0 Å². The molecule has 0 aliphatic heterocycles. The second-order valence-corrected chi connectivity index (χ2v) is 4.71. The van der Waals surface area contributed by atoms with Crippen LogP contribution in [0, 0.1) is 0 Å². The highest BCUT2D eigenvalue weighted by Gasteiger charge is 2.16. The van der Waals surface area contributed by atoms with Gasteiger partial charge in [-0.3, -0.25) is 9.78 Å². The number of rotatable bonds is 8. The third-order valence-electron chi connectivity index (χ3n) is 3.40. The van der Waals surface area contributed by atoms with E-state index in [4.69, 9.17) is 5.73 Å². The van der Waals surface area contributed by atoms with Crippen LogP contribution < -0.4 is 16.0 Å². The lowest BCUT2D eigenvalue weighted by atomic mass is 10.1. The highest BCUT2D eigenvalue weighted by atomic mass is 16.1. The van der Waals surface area contributed by atoms with Crippen LogP contribution in [0.5, 0.6) is 0 Å². The molecule has 0 spiro atoms. The predicted octanol–water partition coefficient (Wildman–Crippen LogP) is 1.78. The van der Waals surface area contributed by atoms with Gasteiger partial charge in [-0.2, -0.15) is 0 Å². The fraction of sp³-hybridized carbons (Fsp3) is 0.600. The molecule has 0 saturated heterocycles. The van der Waals surface area contributed by atoms with Gasteiger partial charge in [0.15, 0.2) is 0 Å². The lowest BCUT2D eigenvalue weighted by Gasteiger charge is -2.32. The Labute approximate surface area is 121 Å². The number of carbonyl (C=O) groups excluding carboxylic acids is 1. The summed E-state index contributed by atoms with van der Waals surface area (Å²) in [7, 11) is 0. The molecule has 3 N–H and O–H groups in total. The molecule has 0 radical (unpaired) electrons. The number of carbonyl (C=O) groups is 1. The largest absolute Gasteiger partial charge is 0.367 e. The van der Waals surface area contributed by atoms with Gasteiger partial charge < -0.3 is 16.0 Å². The van der Waals surface area contributed by atoms with Crippen LogP contribution in [0.15, 0.2) is 18.3 Å². The van der Waals surface area contributed by atoms with E-state index in [0.717, 1.165) is 25.1 Å². The van der Waals surface area contributed by atoms with E-state index in [9.17, 15) is 4.79 Å². The van der Waals surface area contributed by atoms with Crippen LogP contribution in [0.4, 0.5) is 5.69 Å². The molecule has 1 amide bonds. The molecule has 0 fully saturated rings. The van der Waals surface area contributed by atoms with Gasteiger partial charge in [0.1, 0.15) is 5.69 Å². The van der Waals surface area contributed by atoms with Crippen LogP contribution in [-0.4, -0.2) is 36.6 Å². The average molecular weight is 278 g/mol. The van der Waals surface area contributed by atoms with Crippen LogP contribution in [0.25, 0.3) is 0 Å². The van der Waals surface area contributed by atoms with Gasteiger partial charge in [0.2, 0.25) is 0 Å². The molecule has 20 heavy (non-hydrogen) atoms. The first-order chi connectivity index (χ1) is 9.67. The Morgan fingerprint density at radius 2 is 2.10 bits per heavy atom. The zero-order valence-corrected chi connectivity index (χ0v) is 12.7. The van der Waals surface area contributed by atoms with Crippen molar-refractivity contribution in [3.8, 4) is 0 Å². The van der Waals surface area contributed by atoms with Crippen molar-refractivity contribution in [3.05, 3.63) is 24.0 Å². The van der Waals surface area contributed by atoms with Crippen molar-refractivity contribution in [1.29, 1.82) is 0 Å². The fourth-order valence-electron chi connectivity index (χ4n) is 2.36. The van der Waals surface area contributed by atoms with Gasteiger partial charge in [-0.15, -0.1) is 0 Å². The minimum atomic E-state index is -0.133. The van der Waals surface area contributed by atoms with Crippen LogP contribution in [0.2, 0.25) is 0 Å². The lowest BCUT2D eigenvalue weighted by molar-refractivity contribution is 0.0951. The van der Waals surface area contributed by atoms with E-state index in [-0.39, 0.29) is 5.91 Å². The quantitative estimate of drug-likeness (QED) is 0.760. The number of nitrogens with zero attached hydrogens (tertiary/aromatic N) is 2. The summed E-state index contributed by atoms with van der Waals surface area (Å²) in [5.41, 5.74) is 7.19. The molecular weight excluding hydrogens is 252 g/mol. The molecule has 1 heterocycles. The monoisotopic (exact) mass is 278 g/mol. The number of hydrogen-bond donors (Lipinski definition) is 2. The highest BCUT2D eigenvalue weighted by Crippen LogP contribution is 2.20. The van der Waals surface area contributed by atoms with Crippen LogP contribution in [0.1, 0.15) is 44.1 Å². The molecule has 1 aromatic rings. The van der Waals surface area contributed by atoms with Crippen molar-refractivity contribution in [3.63, 3.8) is 0 Å². The first kappa shape index (κ1) is 16.4. The third kappa shape index (κ3) is 4.20. The number of pyridine rings is 1. The van der Waals surface area contributed by atoms with Crippen molar-refractivity contribution in [2.75, 3.05) is 24.5 Å². The smallest absolute Gasteiger partial charge is 0.269 e. The van der Waals surface area contributed by atoms with Crippen molar-refractivity contribution in [2.45, 2.75) is 39.7 Å². The number of nitrogens with two attached hydrogens (primary N) is 1. The van der Waals surface area contributed by atoms with Crippen molar-refractivity contribution < 1.29 is 4.79 Å². The van der Waals surface area contributed by atoms with Gasteiger partial charge in [-0.25, -0.2) is 0 Å². The minimum Gasteiger partial charge on any atom is -0.367 e. The second-order valence-electron chi connectivity index (χ2n) is 4.71. The number of hydrogen-bond acceptors (Lipinski definition) is 4. The maximum absolute atomic E-state index is 11.9. The minimum absolute atomic E-state index is 0.133. The molecule has 0 unspecified atom stereocenters. The van der Waals surface area contributed by atoms with E-state index in [1.165, 1.54) is 0 Å². The zero-order chi connectivity index (χ0) is 15.0. The number of nitrogens with one attached hydrogen (secondary N) is 1. The van der Waals surface area contributed by atoms with Gasteiger partial charge in [0, 0.05) is 37.6 Å². The molecule has 1 aromatic heterocycles. The first-order valence-corrected chi connectivity index (χ1v) is 7.38. The number of amides is 1. The average Bonchev–Trinajstić information content (AvgIpc) is 2.48. The van der Waals surface area contributed by atoms with E-state index in [1.807, 2.05) is 19.1 Å². The SMILES string of the molecule is CCNC(=O)c1cc(N(CCN)C(CC)CC)ccn1. The molecule has 0 atom stereocenters. The third-order valence-corrected chi connectivity index (χ3v) is 3.40. The first-order valence-electron chi connectivity index (χ1n) is 7.38. The summed E-state index contributed by atoms with van der Waals surface area (Å²) in [5.74, 6) is -0.133. The Bertz CT molecular complexity index is 418. The molecule has 0 aliphatic rings. The van der Waals surface area contributed by atoms with Crippen LogP contribution >= 0.6 is 0 Å². The summed E-state index contributed by atoms with van der Waals surface area (Å²) in [6.45, 7) is 8.21. The summed E-state index contributed by atoms with van der Waals surface area (Å²) >= 11 is 0. The van der Waals surface area contributed by atoms with Gasteiger partial charge >= 0.3 is 0 Å². The Balaban J connectivity index is 3.01. The Kier molecular flexibility index (Phi) is 7.01. The van der Waals surface area contributed by atoms with Gasteiger partial charge in [0.25, 0.3) is 5.91 Å². The van der Waals surface area contributed by atoms with Gasteiger partial charge in [-0.05, 0) is 31.9 Å². The maximum Gasteiger partial charge on any atom is 0.269 e. The van der Waals surface area contributed by atoms with E-state index < -0.39 is 0 Å². The van der Waals surface area contributed by atoms with Crippen molar-refractivity contribution in [1.82, 2.24) is 10.3 Å². The van der Waals surface area contributed by atoms with E-state index in [1.54, 1.807) is 6.20 Å². The van der Waals surface area contributed by atoms with E-state index >= 15 is 0 Å². The Hall–Kier alpha value is -1.62. The molecule has 0 bridgehead atoms. The topological polar surface area (TPSA) is 71.2 Å². The van der Waals surface area contributed by atoms with Crippen molar-refractivity contribution >= 4 is 11.6 Å². The number of anilines is 1. The lowest BCUT2D eigenvalue weighted by Crippen LogP contribution is -2.38. The predicted molar refractivity (Wildman–Crippen MR) is 83.0 cm³/mol. The Morgan fingerprint density at radius 1 is 1.40 bits per heavy atom. The maximum atomic E-state index is 11.9. The molecule has 1 rings (SSSR count). The summed E-state index contributed by atoms with van der Waals surface area (Å²) in [6, 6.07) is 4.22. The molecular formula is C15H26N4O. The standard InChI is InChI=1S/C15H26N4O/c1-4-12(5-2)19(10-8-16)13-7-9-18-14(11-13)15(20)17-6-3/h7,9,11-12H,4-6,8,10,16H2,1-3H3,(H,17,20). The summed E-state index contributed by atoms with van der Waals surface area (Å²) < 4.78 is 0. The normalized spacial score (nSPS) is 10.7. The molecule has 0 saturated carbocycles. The van der Waals surface area contributed by atoms with Crippen LogP contribution in [-0.2, 0) is 0 Å². The number of aromatic nitrogens is 1. The van der Waals surface area contributed by atoms with Crippen molar-refractivity contribution in [2.24, 2.45) is 5.73 Å². The summed E-state index contributed by atoms with van der Waals surface area (Å²) in [6.07, 6.45) is 3.79. The summed E-state index contributed by atoms with van der Waals surface area (Å²) in [4.78, 5) is 18.3. The molecule has 112 valence electrons. The van der Waals surface area contributed by atoms with Gasteiger partial charge in [-0.1, -0.05) is 13.8 Å². The van der Waals surface area contributed by atoms with Crippen LogP contribution in [0.3, 0.4) is 0 Å². The Morgan fingerprint density at radius 3 is 2.65 bits per heavy atom.